The minimum absolute atomic E-state index is 0.00814. The molecule has 0 bridgehead atoms. The predicted octanol–water partition coefficient (Wildman–Crippen LogP) is 4.08. The van der Waals surface area contributed by atoms with Crippen molar-refractivity contribution < 1.29 is 27.6 Å². The van der Waals surface area contributed by atoms with E-state index in [1.807, 2.05) is 11.6 Å². The molecule has 42 heavy (non-hydrogen) atoms. The number of amides is 3. The molecule has 0 aliphatic rings. The number of nitrogen functional groups attached to an aromatic ring is 1. The maximum Gasteiger partial charge on any atom is 0.321 e. The van der Waals surface area contributed by atoms with Gasteiger partial charge in [-0.3, -0.25) is 10.1 Å². The summed E-state index contributed by atoms with van der Waals surface area (Å²) in [5, 5.41) is 11.6. The van der Waals surface area contributed by atoms with Crippen LogP contribution in [-0.2, 0) is 13.5 Å². The summed E-state index contributed by atoms with van der Waals surface area (Å²) in [6.45, 7) is 0.358. The van der Waals surface area contributed by atoms with Crippen LogP contribution in [0.2, 0.25) is 0 Å². The lowest BCUT2D eigenvalue weighted by Crippen LogP contribution is -2.30. The second kappa shape index (κ2) is 12.0. The highest BCUT2D eigenvalue weighted by Crippen LogP contribution is 2.35. The van der Waals surface area contributed by atoms with Crippen LogP contribution in [0.5, 0.6) is 5.75 Å². The Balaban J connectivity index is 1.28. The molecule has 216 valence electrons. The van der Waals surface area contributed by atoms with Gasteiger partial charge in [-0.15, -0.1) is 0 Å². The fourth-order valence-corrected chi connectivity index (χ4v) is 4.61. The summed E-state index contributed by atoms with van der Waals surface area (Å²) in [6, 6.07) is 7.39. The summed E-state index contributed by atoms with van der Waals surface area (Å²) in [6.07, 6.45) is 3.96. The number of ether oxygens (including phenoxy) is 1. The van der Waals surface area contributed by atoms with Crippen molar-refractivity contribution in [1.82, 2.24) is 30.0 Å². The van der Waals surface area contributed by atoms with Gasteiger partial charge in [0.25, 0.3) is 11.8 Å². The molecule has 0 saturated heterocycles. The zero-order valence-corrected chi connectivity index (χ0v) is 23.0. The van der Waals surface area contributed by atoms with E-state index in [9.17, 15) is 18.4 Å². The molecule has 3 amide bonds. The smallest absolute Gasteiger partial charge is 0.321 e. The van der Waals surface area contributed by atoms with Gasteiger partial charge in [0.15, 0.2) is 5.13 Å². The Labute approximate surface area is 240 Å². The predicted molar refractivity (Wildman–Crippen MR) is 150 cm³/mol. The Hall–Kier alpha value is -5.38. The third kappa shape index (κ3) is 6.17. The van der Waals surface area contributed by atoms with E-state index in [4.69, 9.17) is 15.0 Å². The van der Waals surface area contributed by atoms with E-state index in [2.05, 4.69) is 36.1 Å². The molecule has 16 heteroatoms. The largest absolute Gasteiger partial charge is 0.497 e. The number of nitrogens with two attached hydrogens (primary N) is 1. The number of hydrogen-bond donors (Lipinski definition) is 4. The summed E-state index contributed by atoms with van der Waals surface area (Å²) in [5.74, 6) is -2.53. The molecule has 0 atom stereocenters. The monoisotopic (exact) mass is 595 g/mol. The number of carbonyl (C=O) groups excluding carboxylic acids is 2. The van der Waals surface area contributed by atoms with Crippen LogP contribution in [0.15, 0.2) is 53.4 Å². The van der Waals surface area contributed by atoms with E-state index in [1.165, 1.54) is 19.2 Å². The SMILES string of the molecule is COc1cccc(C(=O)Nc2cc(-c3noc(-c4sc(NC(=O)NCCc5cncn5C)nc4N)n3)c(F)cc2F)c1. The lowest BCUT2D eigenvalue weighted by atomic mass is 10.1. The van der Waals surface area contributed by atoms with Gasteiger partial charge in [-0.05, 0) is 24.3 Å². The van der Waals surface area contributed by atoms with Crippen LogP contribution in [0.1, 0.15) is 16.1 Å². The number of nitrogens with zero attached hydrogens (tertiary/aromatic N) is 5. The Morgan fingerprint density at radius 3 is 2.74 bits per heavy atom. The number of aromatic nitrogens is 5. The van der Waals surface area contributed by atoms with Crippen molar-refractivity contribution >= 4 is 39.9 Å². The van der Waals surface area contributed by atoms with Crippen LogP contribution in [0.4, 0.5) is 30.2 Å². The highest BCUT2D eigenvalue weighted by molar-refractivity contribution is 7.19. The van der Waals surface area contributed by atoms with Crippen molar-refractivity contribution in [2.24, 2.45) is 7.05 Å². The van der Waals surface area contributed by atoms with Gasteiger partial charge in [-0.25, -0.2) is 23.5 Å². The van der Waals surface area contributed by atoms with E-state index in [0.29, 0.717) is 24.8 Å². The molecule has 0 fully saturated rings. The average molecular weight is 596 g/mol. The fraction of sp³-hybridized carbons (Fsp3) is 0.154. The standard InChI is InChI=1S/C26H23F2N9O4S/c1-37-12-30-11-14(37)6-7-31-25(39)35-26-33-21(29)20(42-26)24-34-22(36-41-24)16-9-19(18(28)10-17(16)27)32-23(38)13-4-3-5-15(8-13)40-2/h3-5,8-12H,6-7,29H2,1-2H3,(H,32,38)(H2,31,33,35,39). The van der Waals surface area contributed by atoms with Crippen molar-refractivity contribution in [2.75, 3.05) is 30.0 Å². The molecule has 3 aromatic heterocycles. The molecule has 0 saturated carbocycles. The Bertz CT molecular complexity index is 1770. The lowest BCUT2D eigenvalue weighted by Gasteiger charge is -2.09. The van der Waals surface area contributed by atoms with Crippen LogP contribution >= 0.6 is 11.3 Å². The number of carbonyl (C=O) groups is 2. The van der Waals surface area contributed by atoms with Gasteiger partial charge in [-0.1, -0.05) is 22.6 Å². The fourth-order valence-electron chi connectivity index (χ4n) is 3.81. The van der Waals surface area contributed by atoms with Gasteiger partial charge in [0, 0.05) is 43.5 Å². The van der Waals surface area contributed by atoms with Crippen LogP contribution < -0.4 is 26.4 Å². The van der Waals surface area contributed by atoms with E-state index >= 15 is 0 Å². The summed E-state index contributed by atoms with van der Waals surface area (Å²) in [5.41, 5.74) is 6.61. The summed E-state index contributed by atoms with van der Waals surface area (Å²) in [4.78, 5) is 37.5. The van der Waals surface area contributed by atoms with Crippen molar-refractivity contribution in [3.63, 3.8) is 0 Å². The zero-order chi connectivity index (χ0) is 29.8. The highest BCUT2D eigenvalue weighted by Gasteiger charge is 2.22. The second-order valence-electron chi connectivity index (χ2n) is 8.78. The molecule has 5 N–H and O–H groups in total. The Morgan fingerprint density at radius 1 is 1.14 bits per heavy atom. The number of rotatable bonds is 9. The lowest BCUT2D eigenvalue weighted by molar-refractivity contribution is 0.102. The first-order valence-corrected chi connectivity index (χ1v) is 13.1. The number of imidazole rings is 1. The highest BCUT2D eigenvalue weighted by atomic mass is 32.1. The van der Waals surface area contributed by atoms with E-state index in [1.54, 1.807) is 24.7 Å². The topological polar surface area (TPSA) is 175 Å². The first-order valence-electron chi connectivity index (χ1n) is 12.3. The molecule has 0 unspecified atom stereocenters. The number of anilines is 3. The van der Waals surface area contributed by atoms with Gasteiger partial charge < -0.3 is 30.2 Å². The summed E-state index contributed by atoms with van der Waals surface area (Å²) >= 11 is 0.963. The number of halogens is 2. The van der Waals surface area contributed by atoms with Gasteiger partial charge in [0.2, 0.25) is 5.82 Å². The van der Waals surface area contributed by atoms with Crippen LogP contribution in [-0.4, -0.2) is 50.3 Å². The van der Waals surface area contributed by atoms with Crippen LogP contribution in [0.3, 0.4) is 0 Å². The van der Waals surface area contributed by atoms with E-state index in [0.717, 1.165) is 23.1 Å². The molecule has 5 aromatic rings. The summed E-state index contributed by atoms with van der Waals surface area (Å²) < 4.78 is 41.5. The van der Waals surface area contributed by atoms with Gasteiger partial charge >= 0.3 is 6.03 Å². The summed E-state index contributed by atoms with van der Waals surface area (Å²) in [7, 11) is 3.30. The first kappa shape index (κ1) is 28.2. The maximum atomic E-state index is 14.7. The molecule has 0 aliphatic heterocycles. The normalized spacial score (nSPS) is 10.9. The van der Waals surface area contributed by atoms with Crippen molar-refractivity contribution in [2.45, 2.75) is 6.42 Å². The molecule has 5 rings (SSSR count). The molecule has 0 spiro atoms. The Morgan fingerprint density at radius 2 is 1.98 bits per heavy atom. The van der Waals surface area contributed by atoms with E-state index < -0.39 is 23.6 Å². The maximum absolute atomic E-state index is 14.7. The van der Waals surface area contributed by atoms with Gasteiger partial charge in [0.05, 0.1) is 24.7 Å². The first-order chi connectivity index (χ1) is 20.2. The third-order valence-corrected chi connectivity index (χ3v) is 6.93. The minimum atomic E-state index is -1.00. The zero-order valence-electron chi connectivity index (χ0n) is 22.1. The van der Waals surface area contributed by atoms with Gasteiger partial charge in [-0.2, -0.15) is 4.98 Å². The number of nitrogens with one attached hydrogen (secondary N) is 3. The second-order valence-corrected chi connectivity index (χ2v) is 9.78. The molecular weight excluding hydrogens is 572 g/mol. The molecule has 0 radical (unpaired) electrons. The molecular formula is C26H23F2N9O4S. The molecule has 13 nitrogen and oxygen atoms in total. The number of thiazole rings is 1. The quantitative estimate of drug-likeness (QED) is 0.196. The van der Waals surface area contributed by atoms with Gasteiger partial charge in [0.1, 0.15) is 28.1 Å². The van der Waals surface area contributed by atoms with Crippen LogP contribution in [0.25, 0.3) is 22.2 Å². The van der Waals surface area contributed by atoms with Crippen molar-refractivity contribution in [3.05, 3.63) is 71.8 Å². The molecule has 2 aromatic carbocycles. The average Bonchev–Trinajstić information content (AvgIpc) is 3.70. The van der Waals surface area contributed by atoms with Crippen molar-refractivity contribution in [1.29, 1.82) is 0 Å². The molecule has 3 heterocycles. The Kier molecular flexibility index (Phi) is 8.05. The number of aryl methyl sites for hydroxylation is 1. The van der Waals surface area contributed by atoms with Crippen LogP contribution in [0, 0.1) is 11.6 Å². The third-order valence-electron chi connectivity index (χ3n) is 5.96. The molecule has 0 aliphatic carbocycles. The van der Waals surface area contributed by atoms with Crippen molar-refractivity contribution in [3.8, 4) is 27.9 Å². The number of methoxy groups -OCH3 is 1. The van der Waals surface area contributed by atoms with E-state index in [-0.39, 0.29) is 44.4 Å². The number of urea groups is 1. The minimum Gasteiger partial charge on any atom is -0.497 e. The number of hydrogen-bond acceptors (Lipinski definition) is 10. The number of benzene rings is 2.